The summed E-state index contributed by atoms with van der Waals surface area (Å²) in [6, 6.07) is 7.90. The first-order chi connectivity index (χ1) is 10.2. The number of ether oxygens (including phenoxy) is 1. The Hall–Kier alpha value is -1.59. The van der Waals surface area contributed by atoms with Crippen LogP contribution in [0.5, 0.6) is 0 Å². The Balaban J connectivity index is 1.53. The van der Waals surface area contributed by atoms with Crippen molar-refractivity contribution in [3.8, 4) is 0 Å². The van der Waals surface area contributed by atoms with Crippen LogP contribution in [0.2, 0.25) is 0 Å². The summed E-state index contributed by atoms with van der Waals surface area (Å²) in [6.07, 6.45) is 1.32. The Bertz CT molecular complexity index is 479. The van der Waals surface area contributed by atoms with Crippen molar-refractivity contribution in [2.75, 3.05) is 37.7 Å². The first-order valence-electron chi connectivity index (χ1n) is 7.62. The van der Waals surface area contributed by atoms with Crippen molar-refractivity contribution in [3.63, 3.8) is 0 Å². The second kappa shape index (κ2) is 6.45. The van der Waals surface area contributed by atoms with Crippen molar-refractivity contribution >= 4 is 11.6 Å². The molecule has 1 saturated heterocycles. The number of amides is 1. The van der Waals surface area contributed by atoms with Gasteiger partial charge in [0.2, 0.25) is 5.91 Å². The molecule has 0 aromatic heterocycles. The fourth-order valence-corrected chi connectivity index (χ4v) is 2.53. The summed E-state index contributed by atoms with van der Waals surface area (Å²) in [4.78, 5) is 13.8. The summed E-state index contributed by atoms with van der Waals surface area (Å²) in [5.41, 5.74) is 1.99. The van der Waals surface area contributed by atoms with E-state index in [-0.39, 0.29) is 18.4 Å². The molecule has 1 aromatic carbocycles. The van der Waals surface area contributed by atoms with Crippen molar-refractivity contribution in [2.45, 2.75) is 18.9 Å². The van der Waals surface area contributed by atoms with E-state index in [0.29, 0.717) is 0 Å². The molecule has 1 unspecified atom stereocenters. The summed E-state index contributed by atoms with van der Waals surface area (Å²) < 4.78 is 5.34. The Kier molecular flexibility index (Phi) is 4.41. The number of aliphatic hydroxyl groups is 1. The summed E-state index contributed by atoms with van der Waals surface area (Å²) in [7, 11) is 0. The maximum Gasteiger partial charge on any atom is 0.223 e. The lowest BCUT2D eigenvalue weighted by atomic mass is 10.1. The maximum atomic E-state index is 11.6. The van der Waals surface area contributed by atoms with Gasteiger partial charge in [0.05, 0.1) is 19.3 Å². The summed E-state index contributed by atoms with van der Waals surface area (Å²) in [6.45, 7) is 3.61. The molecule has 1 aliphatic carbocycles. The smallest absolute Gasteiger partial charge is 0.223 e. The van der Waals surface area contributed by atoms with Crippen LogP contribution in [0.15, 0.2) is 24.3 Å². The van der Waals surface area contributed by atoms with E-state index in [9.17, 15) is 9.90 Å². The average molecular weight is 290 g/mol. The van der Waals surface area contributed by atoms with Crippen LogP contribution in [-0.4, -0.2) is 43.9 Å². The molecule has 5 nitrogen and oxygen atoms in total. The quantitative estimate of drug-likeness (QED) is 0.852. The van der Waals surface area contributed by atoms with Crippen LogP contribution in [-0.2, 0) is 9.53 Å². The number of carbonyl (C=O) groups excluding carboxylic acids is 1. The lowest BCUT2D eigenvalue weighted by Crippen LogP contribution is -2.36. The molecule has 21 heavy (non-hydrogen) atoms. The van der Waals surface area contributed by atoms with E-state index in [1.165, 1.54) is 0 Å². The molecule has 1 aromatic rings. The largest absolute Gasteiger partial charge is 0.387 e. The molecule has 2 N–H and O–H groups in total. The van der Waals surface area contributed by atoms with Gasteiger partial charge in [-0.2, -0.15) is 0 Å². The Labute approximate surface area is 124 Å². The third-order valence-electron chi connectivity index (χ3n) is 4.07. The maximum absolute atomic E-state index is 11.6. The molecule has 114 valence electrons. The van der Waals surface area contributed by atoms with Crippen molar-refractivity contribution in [1.29, 1.82) is 0 Å². The molecule has 1 amide bonds. The molecular weight excluding hydrogens is 268 g/mol. The molecule has 0 spiro atoms. The van der Waals surface area contributed by atoms with E-state index >= 15 is 0 Å². The number of nitrogens with zero attached hydrogens (tertiary/aromatic N) is 1. The predicted molar refractivity (Wildman–Crippen MR) is 80.2 cm³/mol. The summed E-state index contributed by atoms with van der Waals surface area (Å²) >= 11 is 0. The molecule has 1 atom stereocenters. The monoisotopic (exact) mass is 290 g/mol. The van der Waals surface area contributed by atoms with Gasteiger partial charge in [-0.3, -0.25) is 4.79 Å². The van der Waals surface area contributed by atoms with Gasteiger partial charge in [0.25, 0.3) is 0 Å². The first kappa shape index (κ1) is 14.4. The zero-order chi connectivity index (χ0) is 14.7. The average Bonchev–Trinajstić information content (AvgIpc) is 3.38. The fourth-order valence-electron chi connectivity index (χ4n) is 2.53. The van der Waals surface area contributed by atoms with Crippen LogP contribution in [0.25, 0.3) is 0 Å². The second-order valence-electron chi connectivity index (χ2n) is 5.73. The Morgan fingerprint density at radius 1 is 1.29 bits per heavy atom. The molecule has 1 saturated carbocycles. The summed E-state index contributed by atoms with van der Waals surface area (Å²) in [5.74, 6) is 0.250. The van der Waals surface area contributed by atoms with Crippen LogP contribution in [0.1, 0.15) is 24.5 Å². The number of morpholine rings is 1. The molecule has 1 aliphatic heterocycles. The number of rotatable bonds is 5. The van der Waals surface area contributed by atoms with E-state index in [2.05, 4.69) is 10.2 Å². The molecule has 0 bridgehead atoms. The molecule has 5 heteroatoms. The molecule has 2 aliphatic rings. The highest BCUT2D eigenvalue weighted by Gasteiger charge is 2.29. The van der Waals surface area contributed by atoms with Gasteiger partial charge >= 0.3 is 0 Å². The molecular formula is C16H22N2O3. The standard InChI is InChI=1S/C16H22N2O3/c19-15(11-17-16(20)13-1-2-13)12-3-5-14(6-4-12)18-7-9-21-10-8-18/h3-6,13,15,19H,1-2,7-11H2,(H,17,20). The Morgan fingerprint density at radius 3 is 2.57 bits per heavy atom. The minimum atomic E-state index is -0.647. The van der Waals surface area contributed by atoms with Gasteiger partial charge in [-0.05, 0) is 30.5 Å². The minimum absolute atomic E-state index is 0.0685. The number of benzene rings is 1. The van der Waals surface area contributed by atoms with Gasteiger partial charge in [-0.15, -0.1) is 0 Å². The lowest BCUT2D eigenvalue weighted by molar-refractivity contribution is -0.122. The molecule has 2 fully saturated rings. The van der Waals surface area contributed by atoms with Gasteiger partial charge in [-0.1, -0.05) is 12.1 Å². The zero-order valence-electron chi connectivity index (χ0n) is 12.1. The van der Waals surface area contributed by atoms with Crippen molar-refractivity contribution in [2.24, 2.45) is 5.92 Å². The second-order valence-corrected chi connectivity index (χ2v) is 5.73. The topological polar surface area (TPSA) is 61.8 Å². The number of anilines is 1. The third kappa shape index (κ3) is 3.74. The lowest BCUT2D eigenvalue weighted by Gasteiger charge is -2.29. The van der Waals surface area contributed by atoms with E-state index in [4.69, 9.17) is 4.74 Å². The highest BCUT2D eigenvalue weighted by Crippen LogP contribution is 2.29. The zero-order valence-corrected chi connectivity index (χ0v) is 12.1. The number of carbonyl (C=O) groups is 1. The van der Waals surface area contributed by atoms with Gasteiger partial charge < -0.3 is 20.1 Å². The van der Waals surface area contributed by atoms with Crippen LogP contribution < -0.4 is 10.2 Å². The Morgan fingerprint density at radius 2 is 1.95 bits per heavy atom. The van der Waals surface area contributed by atoms with Crippen LogP contribution in [0.4, 0.5) is 5.69 Å². The third-order valence-corrected chi connectivity index (χ3v) is 4.07. The predicted octanol–water partition coefficient (Wildman–Crippen LogP) is 1.08. The van der Waals surface area contributed by atoms with Gasteiger partial charge in [0.1, 0.15) is 0 Å². The van der Waals surface area contributed by atoms with Gasteiger partial charge in [0.15, 0.2) is 0 Å². The minimum Gasteiger partial charge on any atom is -0.387 e. The SMILES string of the molecule is O=C(NCC(O)c1ccc(N2CCOCC2)cc1)C1CC1. The van der Waals surface area contributed by atoms with Gasteiger partial charge in [-0.25, -0.2) is 0 Å². The number of nitrogens with one attached hydrogen (secondary N) is 1. The normalized spacial score (nSPS) is 20.1. The molecule has 1 heterocycles. The highest BCUT2D eigenvalue weighted by atomic mass is 16.5. The van der Waals surface area contributed by atoms with Crippen LogP contribution in [0, 0.1) is 5.92 Å². The van der Waals surface area contributed by atoms with Crippen LogP contribution >= 0.6 is 0 Å². The van der Waals surface area contributed by atoms with E-state index in [0.717, 1.165) is 50.4 Å². The highest BCUT2D eigenvalue weighted by molar-refractivity contribution is 5.80. The van der Waals surface area contributed by atoms with Crippen molar-refractivity contribution in [1.82, 2.24) is 5.32 Å². The van der Waals surface area contributed by atoms with E-state index in [1.54, 1.807) is 0 Å². The first-order valence-corrected chi connectivity index (χ1v) is 7.62. The molecule has 3 rings (SSSR count). The summed E-state index contributed by atoms with van der Waals surface area (Å²) in [5, 5.41) is 12.9. The van der Waals surface area contributed by atoms with E-state index < -0.39 is 6.10 Å². The fraction of sp³-hybridized carbons (Fsp3) is 0.562. The van der Waals surface area contributed by atoms with Gasteiger partial charge in [0, 0.05) is 31.2 Å². The van der Waals surface area contributed by atoms with E-state index in [1.807, 2.05) is 24.3 Å². The van der Waals surface area contributed by atoms with Crippen molar-refractivity contribution < 1.29 is 14.6 Å². The van der Waals surface area contributed by atoms with Crippen LogP contribution in [0.3, 0.4) is 0 Å². The number of hydrogen-bond acceptors (Lipinski definition) is 4. The molecule has 0 radical (unpaired) electrons. The number of hydrogen-bond donors (Lipinski definition) is 2. The number of aliphatic hydroxyl groups excluding tert-OH is 1. The van der Waals surface area contributed by atoms with Crippen molar-refractivity contribution in [3.05, 3.63) is 29.8 Å².